The van der Waals surface area contributed by atoms with Gasteiger partial charge in [0, 0.05) is 10.7 Å². The third kappa shape index (κ3) is 1.70. The maximum absolute atomic E-state index is 10.9. The van der Waals surface area contributed by atoms with Gasteiger partial charge in [-0.25, -0.2) is 8.42 Å². The molecule has 0 aliphatic rings. The summed E-state index contributed by atoms with van der Waals surface area (Å²) in [6.07, 6.45) is 0. The third-order valence-corrected chi connectivity index (χ3v) is 2.92. The van der Waals surface area contributed by atoms with E-state index in [0.29, 0.717) is 5.56 Å². The zero-order chi connectivity index (χ0) is 9.35. The average Bonchev–Trinajstić information content (AvgIpc) is 1.82. The third-order valence-electron chi connectivity index (χ3n) is 1.43. The Kier molecular flexibility index (Phi) is 2.30. The number of hydrogen-bond acceptors (Lipinski definition) is 3. The highest BCUT2D eigenvalue weighted by molar-refractivity contribution is 8.13. The number of hydrogen-bond donors (Lipinski definition) is 1. The van der Waals surface area contributed by atoms with Gasteiger partial charge in [-0.15, -0.1) is 0 Å². The summed E-state index contributed by atoms with van der Waals surface area (Å²) in [7, 11) is 1.24. The van der Waals surface area contributed by atoms with Gasteiger partial charge in [0.15, 0.2) is 0 Å². The first-order chi connectivity index (χ1) is 5.43. The molecule has 1 aromatic rings. The van der Waals surface area contributed by atoms with E-state index in [1.807, 2.05) is 0 Å². The van der Waals surface area contributed by atoms with Crippen molar-refractivity contribution in [2.24, 2.45) is 0 Å². The molecule has 12 heavy (non-hydrogen) atoms. The van der Waals surface area contributed by atoms with E-state index in [0.717, 1.165) is 0 Å². The van der Waals surface area contributed by atoms with Gasteiger partial charge in [-0.05, 0) is 18.6 Å². The molecule has 1 rings (SSSR count). The molecular formula is C7H7ClO3S. The minimum atomic E-state index is -3.84. The van der Waals surface area contributed by atoms with Gasteiger partial charge < -0.3 is 5.11 Å². The van der Waals surface area contributed by atoms with Crippen LogP contribution in [0.2, 0.25) is 0 Å². The number of phenols is 1. The summed E-state index contributed by atoms with van der Waals surface area (Å²) in [4.78, 5) is -0.216. The summed E-state index contributed by atoms with van der Waals surface area (Å²) in [5, 5.41) is 9.16. The quantitative estimate of drug-likeness (QED) is 0.711. The van der Waals surface area contributed by atoms with E-state index in [9.17, 15) is 8.42 Å². The largest absolute Gasteiger partial charge is 0.507 e. The molecule has 0 heterocycles. The van der Waals surface area contributed by atoms with Crippen LogP contribution in [-0.2, 0) is 9.05 Å². The minimum Gasteiger partial charge on any atom is -0.507 e. The molecule has 0 amide bonds. The summed E-state index contributed by atoms with van der Waals surface area (Å²) in [5.74, 6) is -0.315. The Morgan fingerprint density at radius 2 is 2.00 bits per heavy atom. The first kappa shape index (κ1) is 9.35. The molecule has 0 aliphatic heterocycles. The maximum atomic E-state index is 10.9. The molecule has 0 saturated heterocycles. The molecular weight excluding hydrogens is 200 g/mol. The Hall–Kier alpha value is -0.740. The zero-order valence-electron chi connectivity index (χ0n) is 6.28. The monoisotopic (exact) mass is 206 g/mol. The van der Waals surface area contributed by atoms with Gasteiger partial charge in [0.2, 0.25) is 0 Å². The van der Waals surface area contributed by atoms with Crippen LogP contribution in [0.3, 0.4) is 0 Å². The lowest BCUT2D eigenvalue weighted by Crippen LogP contribution is -1.94. The molecule has 1 aromatic carbocycles. The van der Waals surface area contributed by atoms with E-state index < -0.39 is 9.05 Å². The van der Waals surface area contributed by atoms with Crippen molar-refractivity contribution >= 4 is 19.7 Å². The molecule has 66 valence electrons. The normalized spacial score (nSPS) is 11.5. The second-order valence-electron chi connectivity index (χ2n) is 2.36. The van der Waals surface area contributed by atoms with Gasteiger partial charge in [0.25, 0.3) is 9.05 Å². The van der Waals surface area contributed by atoms with Crippen LogP contribution in [0.5, 0.6) is 5.75 Å². The number of halogens is 1. The van der Waals surface area contributed by atoms with Crippen LogP contribution in [0.25, 0.3) is 0 Å². The Labute approximate surface area is 75.0 Å². The molecule has 0 spiro atoms. The first-order valence-electron chi connectivity index (χ1n) is 3.16. The van der Waals surface area contributed by atoms with E-state index in [1.165, 1.54) is 6.07 Å². The summed E-state index contributed by atoms with van der Waals surface area (Å²) < 4.78 is 21.8. The first-order valence-corrected chi connectivity index (χ1v) is 5.47. The zero-order valence-corrected chi connectivity index (χ0v) is 7.85. The van der Waals surface area contributed by atoms with Crippen LogP contribution in [0.4, 0.5) is 0 Å². The predicted molar refractivity (Wildman–Crippen MR) is 45.9 cm³/mol. The average molecular weight is 207 g/mol. The van der Waals surface area contributed by atoms with Gasteiger partial charge in [0.1, 0.15) is 10.6 Å². The van der Waals surface area contributed by atoms with Crippen molar-refractivity contribution in [2.75, 3.05) is 0 Å². The second kappa shape index (κ2) is 2.95. The summed E-state index contributed by atoms with van der Waals surface area (Å²) in [6, 6.07) is 4.40. The molecule has 1 N–H and O–H groups in total. The molecule has 3 nitrogen and oxygen atoms in total. The van der Waals surface area contributed by atoms with E-state index in [1.54, 1.807) is 19.1 Å². The van der Waals surface area contributed by atoms with Crippen molar-refractivity contribution in [3.05, 3.63) is 23.8 Å². The van der Waals surface area contributed by atoms with Gasteiger partial charge in [-0.2, -0.15) is 0 Å². The van der Waals surface area contributed by atoms with Crippen LogP contribution in [0.15, 0.2) is 23.1 Å². The van der Waals surface area contributed by atoms with Gasteiger partial charge in [-0.1, -0.05) is 12.1 Å². The SMILES string of the molecule is Cc1cccc(O)c1S(=O)(=O)Cl. The minimum absolute atomic E-state index is 0.216. The van der Waals surface area contributed by atoms with Crippen molar-refractivity contribution in [1.82, 2.24) is 0 Å². The molecule has 5 heteroatoms. The van der Waals surface area contributed by atoms with Gasteiger partial charge in [0.05, 0.1) is 0 Å². The molecule has 0 unspecified atom stereocenters. The van der Waals surface area contributed by atoms with Crippen LogP contribution in [-0.4, -0.2) is 13.5 Å². The number of benzene rings is 1. The highest BCUT2D eigenvalue weighted by Crippen LogP contribution is 2.28. The Balaban J connectivity index is 3.53. The van der Waals surface area contributed by atoms with E-state index in [-0.39, 0.29) is 10.6 Å². The van der Waals surface area contributed by atoms with Gasteiger partial charge in [-0.3, -0.25) is 0 Å². The molecule has 0 bridgehead atoms. The van der Waals surface area contributed by atoms with E-state index in [2.05, 4.69) is 0 Å². The summed E-state index contributed by atoms with van der Waals surface area (Å²) in [5.41, 5.74) is 0.435. The summed E-state index contributed by atoms with van der Waals surface area (Å²) >= 11 is 0. The van der Waals surface area contributed by atoms with Crippen molar-refractivity contribution in [3.8, 4) is 5.75 Å². The van der Waals surface area contributed by atoms with Crippen LogP contribution >= 0.6 is 10.7 Å². The Morgan fingerprint density at radius 3 is 2.33 bits per heavy atom. The lowest BCUT2D eigenvalue weighted by Gasteiger charge is -2.02. The van der Waals surface area contributed by atoms with Crippen LogP contribution < -0.4 is 0 Å². The predicted octanol–water partition coefficient (Wildman–Crippen LogP) is 1.63. The van der Waals surface area contributed by atoms with Crippen molar-refractivity contribution < 1.29 is 13.5 Å². The van der Waals surface area contributed by atoms with Crippen molar-refractivity contribution in [1.29, 1.82) is 0 Å². The molecule has 0 radical (unpaired) electrons. The Bertz CT molecular complexity index is 377. The van der Waals surface area contributed by atoms with E-state index in [4.69, 9.17) is 15.8 Å². The maximum Gasteiger partial charge on any atom is 0.265 e. The fourth-order valence-corrected chi connectivity index (χ4v) is 2.33. The number of phenolic OH excluding ortho intramolecular Hbond substituents is 1. The fourth-order valence-electron chi connectivity index (χ4n) is 0.954. The lowest BCUT2D eigenvalue weighted by atomic mass is 10.2. The fraction of sp³-hybridized carbons (Fsp3) is 0.143. The van der Waals surface area contributed by atoms with Gasteiger partial charge >= 0.3 is 0 Å². The molecule has 0 aromatic heterocycles. The number of aromatic hydroxyl groups is 1. The molecule has 0 atom stereocenters. The molecule has 0 saturated carbocycles. The number of aryl methyl sites for hydroxylation is 1. The highest BCUT2D eigenvalue weighted by atomic mass is 35.7. The topological polar surface area (TPSA) is 54.4 Å². The highest BCUT2D eigenvalue weighted by Gasteiger charge is 2.17. The lowest BCUT2D eigenvalue weighted by molar-refractivity contribution is 0.458. The van der Waals surface area contributed by atoms with E-state index >= 15 is 0 Å². The Morgan fingerprint density at radius 1 is 1.42 bits per heavy atom. The molecule has 0 fully saturated rings. The van der Waals surface area contributed by atoms with Crippen LogP contribution in [0, 0.1) is 6.92 Å². The number of rotatable bonds is 1. The smallest absolute Gasteiger partial charge is 0.265 e. The van der Waals surface area contributed by atoms with Crippen molar-refractivity contribution in [3.63, 3.8) is 0 Å². The molecule has 0 aliphatic carbocycles. The van der Waals surface area contributed by atoms with Crippen LogP contribution in [0.1, 0.15) is 5.56 Å². The van der Waals surface area contributed by atoms with Crippen molar-refractivity contribution in [2.45, 2.75) is 11.8 Å². The standard InChI is InChI=1S/C7H7ClO3S/c1-5-3-2-4-6(9)7(5)12(8,10)11/h2-4,9H,1H3. The summed E-state index contributed by atoms with van der Waals surface area (Å²) in [6.45, 7) is 1.56. The second-order valence-corrected chi connectivity index (χ2v) is 4.86.